The van der Waals surface area contributed by atoms with Gasteiger partial charge in [-0.15, -0.1) is 0 Å². The van der Waals surface area contributed by atoms with E-state index >= 15 is 0 Å². The number of hydrogen-bond acceptors (Lipinski definition) is 2. The molecule has 0 N–H and O–H groups in total. The second kappa shape index (κ2) is 3.77. The number of halogens is 3. The van der Waals surface area contributed by atoms with Crippen molar-refractivity contribution in [3.05, 3.63) is 29.6 Å². The Labute approximate surface area is 78.8 Å². The van der Waals surface area contributed by atoms with Crippen LogP contribution < -0.4 is 0 Å². The van der Waals surface area contributed by atoms with E-state index in [4.69, 9.17) is 0 Å². The van der Waals surface area contributed by atoms with Crippen LogP contribution in [0.25, 0.3) is 0 Å². The molecule has 0 atom stereocenters. The van der Waals surface area contributed by atoms with Gasteiger partial charge >= 0.3 is 6.18 Å². The second-order valence-corrected chi connectivity index (χ2v) is 2.70. The summed E-state index contributed by atoms with van der Waals surface area (Å²) in [6.07, 6.45) is -2.48. The Kier molecular flexibility index (Phi) is 2.88. The van der Waals surface area contributed by atoms with Gasteiger partial charge in [0.25, 0.3) is 0 Å². The fourth-order valence-corrected chi connectivity index (χ4v) is 1.05. The maximum atomic E-state index is 12.4. The first-order valence-corrected chi connectivity index (χ1v) is 4.01. The minimum atomic E-state index is -4.50. The zero-order valence-electron chi connectivity index (χ0n) is 7.43. The number of Topliss-reactive ketones (excluding diaryl/α,β-unsaturated/α-hetero) is 1. The third-order valence-corrected chi connectivity index (χ3v) is 1.75. The molecule has 0 radical (unpaired) electrons. The molecular formula is C9H8F3NO. The quantitative estimate of drug-likeness (QED) is 0.691. The lowest BCUT2D eigenvalue weighted by Crippen LogP contribution is -2.12. The van der Waals surface area contributed by atoms with E-state index in [-0.39, 0.29) is 12.0 Å². The van der Waals surface area contributed by atoms with Gasteiger partial charge in [-0.25, -0.2) is 0 Å². The third kappa shape index (κ3) is 2.10. The van der Waals surface area contributed by atoms with Crippen LogP contribution in [0.2, 0.25) is 0 Å². The lowest BCUT2D eigenvalue weighted by molar-refractivity contribution is -0.138. The first kappa shape index (κ1) is 10.7. The zero-order valence-corrected chi connectivity index (χ0v) is 7.43. The average Bonchev–Trinajstić information content (AvgIpc) is 2.15. The maximum absolute atomic E-state index is 12.4. The fourth-order valence-electron chi connectivity index (χ4n) is 1.05. The standard InChI is InChI=1S/C9H8F3NO/c1-2-8(14)6-5-13-4-3-7(6)9(10,11)12/h3-5H,2H2,1H3. The normalized spacial score (nSPS) is 11.4. The smallest absolute Gasteiger partial charge is 0.294 e. The molecule has 1 aromatic rings. The highest BCUT2D eigenvalue weighted by atomic mass is 19.4. The van der Waals surface area contributed by atoms with E-state index in [1.165, 1.54) is 6.92 Å². The molecule has 0 amide bonds. The molecule has 5 heteroatoms. The molecule has 0 aliphatic rings. The van der Waals surface area contributed by atoms with Gasteiger partial charge in [0, 0.05) is 24.4 Å². The Balaban J connectivity index is 3.23. The number of carbonyl (C=O) groups excluding carboxylic acids is 1. The molecule has 0 bridgehead atoms. The summed E-state index contributed by atoms with van der Waals surface area (Å²) in [6.45, 7) is 1.51. The third-order valence-electron chi connectivity index (χ3n) is 1.75. The highest BCUT2D eigenvalue weighted by Crippen LogP contribution is 2.31. The van der Waals surface area contributed by atoms with Crippen LogP contribution in [0.15, 0.2) is 18.5 Å². The molecule has 0 saturated carbocycles. The van der Waals surface area contributed by atoms with E-state index in [0.717, 1.165) is 18.5 Å². The number of pyridine rings is 1. The van der Waals surface area contributed by atoms with Gasteiger partial charge in [-0.3, -0.25) is 9.78 Å². The first-order valence-electron chi connectivity index (χ1n) is 4.01. The highest BCUT2D eigenvalue weighted by molar-refractivity contribution is 5.97. The monoisotopic (exact) mass is 203 g/mol. The Morgan fingerprint density at radius 1 is 1.50 bits per heavy atom. The van der Waals surface area contributed by atoms with Crippen LogP contribution in [-0.4, -0.2) is 10.8 Å². The van der Waals surface area contributed by atoms with Gasteiger partial charge in [0.15, 0.2) is 5.78 Å². The van der Waals surface area contributed by atoms with Crippen molar-refractivity contribution < 1.29 is 18.0 Å². The van der Waals surface area contributed by atoms with Gasteiger partial charge in [-0.2, -0.15) is 13.2 Å². The molecule has 0 aliphatic heterocycles. The van der Waals surface area contributed by atoms with Gasteiger partial charge in [0.1, 0.15) is 0 Å². The summed E-state index contributed by atoms with van der Waals surface area (Å²) in [6, 6.07) is 0.808. The van der Waals surface area contributed by atoms with E-state index in [9.17, 15) is 18.0 Å². The van der Waals surface area contributed by atoms with Crippen molar-refractivity contribution in [2.24, 2.45) is 0 Å². The molecule has 14 heavy (non-hydrogen) atoms. The van der Waals surface area contributed by atoms with Crippen molar-refractivity contribution in [2.75, 3.05) is 0 Å². The van der Waals surface area contributed by atoms with E-state index < -0.39 is 17.5 Å². The van der Waals surface area contributed by atoms with Gasteiger partial charge in [0.2, 0.25) is 0 Å². The lowest BCUT2D eigenvalue weighted by atomic mass is 10.0. The van der Waals surface area contributed by atoms with Crippen LogP contribution in [0.1, 0.15) is 29.3 Å². The van der Waals surface area contributed by atoms with Crippen LogP contribution in [0.4, 0.5) is 13.2 Å². The molecule has 1 aromatic heterocycles. The zero-order chi connectivity index (χ0) is 10.8. The summed E-state index contributed by atoms with van der Waals surface area (Å²) >= 11 is 0. The Bertz CT molecular complexity index is 346. The van der Waals surface area contributed by atoms with E-state index in [2.05, 4.69) is 4.98 Å². The van der Waals surface area contributed by atoms with Gasteiger partial charge in [0.05, 0.1) is 5.56 Å². The maximum Gasteiger partial charge on any atom is 0.417 e. The molecule has 0 fully saturated rings. The van der Waals surface area contributed by atoms with E-state index in [0.29, 0.717) is 0 Å². The van der Waals surface area contributed by atoms with Crippen molar-refractivity contribution in [2.45, 2.75) is 19.5 Å². The van der Waals surface area contributed by atoms with Crippen LogP contribution in [-0.2, 0) is 6.18 Å². The fraction of sp³-hybridized carbons (Fsp3) is 0.333. The molecule has 0 aliphatic carbocycles. The minimum absolute atomic E-state index is 0.0365. The van der Waals surface area contributed by atoms with Crippen LogP contribution in [0.5, 0.6) is 0 Å². The summed E-state index contributed by atoms with van der Waals surface area (Å²) in [5, 5.41) is 0. The summed E-state index contributed by atoms with van der Waals surface area (Å²) < 4.78 is 37.1. The molecule has 0 saturated heterocycles. The summed E-state index contributed by atoms with van der Waals surface area (Å²) in [7, 11) is 0. The van der Waals surface area contributed by atoms with Gasteiger partial charge in [-0.05, 0) is 6.07 Å². The van der Waals surface area contributed by atoms with Crippen LogP contribution >= 0.6 is 0 Å². The number of nitrogens with zero attached hydrogens (tertiary/aromatic N) is 1. The number of aromatic nitrogens is 1. The van der Waals surface area contributed by atoms with Gasteiger partial charge in [-0.1, -0.05) is 6.92 Å². The average molecular weight is 203 g/mol. The molecule has 1 rings (SSSR count). The number of alkyl halides is 3. The van der Waals surface area contributed by atoms with Crippen LogP contribution in [0.3, 0.4) is 0 Å². The molecule has 76 valence electrons. The molecule has 0 spiro atoms. The number of ketones is 1. The van der Waals surface area contributed by atoms with E-state index in [1.807, 2.05) is 0 Å². The van der Waals surface area contributed by atoms with Crippen molar-refractivity contribution in [3.8, 4) is 0 Å². The van der Waals surface area contributed by atoms with Crippen molar-refractivity contribution in [1.29, 1.82) is 0 Å². The molecule has 0 unspecified atom stereocenters. The second-order valence-electron chi connectivity index (χ2n) is 2.70. The summed E-state index contributed by atoms with van der Waals surface area (Å²) in [5.74, 6) is -0.551. The Morgan fingerprint density at radius 3 is 2.64 bits per heavy atom. The summed E-state index contributed by atoms with van der Waals surface area (Å²) in [5.41, 5.74) is -1.28. The lowest BCUT2D eigenvalue weighted by Gasteiger charge is -2.09. The number of carbonyl (C=O) groups is 1. The molecule has 2 nitrogen and oxygen atoms in total. The molecule has 0 aromatic carbocycles. The van der Waals surface area contributed by atoms with Crippen molar-refractivity contribution in [3.63, 3.8) is 0 Å². The van der Waals surface area contributed by atoms with Crippen molar-refractivity contribution in [1.82, 2.24) is 4.98 Å². The number of rotatable bonds is 2. The summed E-state index contributed by atoms with van der Waals surface area (Å²) in [4.78, 5) is 14.6. The molecular weight excluding hydrogens is 195 g/mol. The van der Waals surface area contributed by atoms with Crippen LogP contribution in [0, 0.1) is 0 Å². The predicted molar refractivity (Wildman–Crippen MR) is 43.9 cm³/mol. The predicted octanol–water partition coefficient (Wildman–Crippen LogP) is 2.69. The van der Waals surface area contributed by atoms with E-state index in [1.54, 1.807) is 0 Å². The minimum Gasteiger partial charge on any atom is -0.294 e. The number of hydrogen-bond donors (Lipinski definition) is 0. The van der Waals surface area contributed by atoms with Gasteiger partial charge < -0.3 is 0 Å². The molecule has 1 heterocycles. The first-order chi connectivity index (χ1) is 6.46. The Hall–Kier alpha value is -1.39. The SMILES string of the molecule is CCC(=O)c1cnccc1C(F)(F)F. The topological polar surface area (TPSA) is 30.0 Å². The largest absolute Gasteiger partial charge is 0.417 e. The van der Waals surface area contributed by atoms with Crippen molar-refractivity contribution >= 4 is 5.78 Å². The Morgan fingerprint density at radius 2 is 2.14 bits per heavy atom. The highest BCUT2D eigenvalue weighted by Gasteiger charge is 2.34.